The normalized spacial score (nSPS) is 11.7. The van der Waals surface area contributed by atoms with Crippen molar-refractivity contribution in [2.24, 2.45) is 4.99 Å². The third kappa shape index (κ3) is 10.0. The van der Waals surface area contributed by atoms with Gasteiger partial charge >= 0.3 is 0 Å². The van der Waals surface area contributed by atoms with Gasteiger partial charge in [-0.15, -0.1) is 24.0 Å². The Morgan fingerprint density at radius 3 is 2.61 bits per heavy atom. The molecule has 1 aromatic rings. The fraction of sp³-hybridized carbons (Fsp3) is 0.500. The summed E-state index contributed by atoms with van der Waals surface area (Å²) >= 11 is 5.98. The molecule has 9 heteroatoms. The van der Waals surface area contributed by atoms with Crippen molar-refractivity contribution in [3.8, 4) is 0 Å². The molecule has 1 aromatic carbocycles. The molecule has 0 saturated heterocycles. The van der Waals surface area contributed by atoms with Gasteiger partial charge < -0.3 is 10.2 Å². The van der Waals surface area contributed by atoms with E-state index in [-0.39, 0.29) is 24.0 Å². The molecule has 6 nitrogen and oxygen atoms in total. The molecule has 0 spiro atoms. The summed E-state index contributed by atoms with van der Waals surface area (Å²) in [5, 5.41) is 3.91. The molecule has 0 radical (unpaired) electrons. The highest BCUT2D eigenvalue weighted by Gasteiger charge is 2.06. The van der Waals surface area contributed by atoms with Gasteiger partial charge in [-0.2, -0.15) is 0 Å². The highest BCUT2D eigenvalue weighted by atomic mass is 127. The van der Waals surface area contributed by atoms with Gasteiger partial charge in [-0.3, -0.25) is 4.99 Å². The summed E-state index contributed by atoms with van der Waals surface area (Å²) in [6.45, 7) is 1.72. The molecule has 0 aliphatic heterocycles. The molecule has 0 saturated carbocycles. The van der Waals surface area contributed by atoms with Gasteiger partial charge in [-0.1, -0.05) is 23.7 Å². The van der Waals surface area contributed by atoms with Gasteiger partial charge in [-0.05, 0) is 24.1 Å². The van der Waals surface area contributed by atoms with Crippen LogP contribution in [-0.2, 0) is 16.6 Å². The summed E-state index contributed by atoms with van der Waals surface area (Å²) < 4.78 is 24.4. The zero-order chi connectivity index (χ0) is 16.6. The zero-order valence-electron chi connectivity index (χ0n) is 13.5. The number of sulfonamides is 1. The first kappa shape index (κ1) is 22.4. The molecule has 0 amide bonds. The molecule has 23 heavy (non-hydrogen) atoms. The molecule has 0 bridgehead atoms. The van der Waals surface area contributed by atoms with Gasteiger partial charge in [0.05, 0.1) is 6.26 Å². The van der Waals surface area contributed by atoms with Gasteiger partial charge in [0.1, 0.15) is 0 Å². The Bertz CT molecular complexity index is 611. The van der Waals surface area contributed by atoms with E-state index in [0.717, 1.165) is 17.8 Å². The molecule has 0 unspecified atom stereocenters. The van der Waals surface area contributed by atoms with Crippen LogP contribution in [0, 0.1) is 0 Å². The number of hydrogen-bond donors (Lipinski definition) is 2. The van der Waals surface area contributed by atoms with Crippen molar-refractivity contribution < 1.29 is 8.42 Å². The first-order valence-electron chi connectivity index (χ1n) is 6.92. The number of halogens is 2. The molecule has 132 valence electrons. The summed E-state index contributed by atoms with van der Waals surface area (Å²) in [6.07, 6.45) is 1.83. The van der Waals surface area contributed by atoms with Crippen LogP contribution in [0.2, 0.25) is 5.02 Å². The number of hydrogen-bond acceptors (Lipinski definition) is 3. The van der Waals surface area contributed by atoms with Crippen molar-refractivity contribution >= 4 is 51.6 Å². The molecule has 0 heterocycles. The van der Waals surface area contributed by atoms with E-state index < -0.39 is 10.0 Å². The third-order valence-electron chi connectivity index (χ3n) is 2.88. The molecular formula is C14H24ClIN4O2S. The third-order valence-corrected chi connectivity index (χ3v) is 3.85. The van der Waals surface area contributed by atoms with Crippen molar-refractivity contribution in [1.29, 1.82) is 0 Å². The van der Waals surface area contributed by atoms with Crippen LogP contribution in [0.5, 0.6) is 0 Å². The highest BCUT2D eigenvalue weighted by molar-refractivity contribution is 14.0. The Balaban J connectivity index is 0.00000484. The van der Waals surface area contributed by atoms with Crippen LogP contribution in [0.1, 0.15) is 12.0 Å². The summed E-state index contributed by atoms with van der Waals surface area (Å²) in [6, 6.07) is 7.68. The quantitative estimate of drug-likeness (QED) is 0.274. The van der Waals surface area contributed by atoms with E-state index in [4.69, 9.17) is 11.6 Å². The Morgan fingerprint density at radius 1 is 1.35 bits per heavy atom. The van der Waals surface area contributed by atoms with Crippen LogP contribution in [0.3, 0.4) is 0 Å². The molecule has 1 rings (SSSR count). The number of guanidine groups is 1. The predicted molar refractivity (Wildman–Crippen MR) is 107 cm³/mol. The fourth-order valence-electron chi connectivity index (χ4n) is 1.91. The molecule has 0 aromatic heterocycles. The van der Waals surface area contributed by atoms with Crippen LogP contribution >= 0.6 is 35.6 Å². The standard InChI is InChI=1S/C14H23ClN4O2S.HI/c1-16-14(17-8-5-9-18-22(3,20)21)19(2)11-12-6-4-7-13(15)10-12;/h4,6-7,10,18H,5,8-9,11H2,1-3H3,(H,16,17);1H. The Hall–Kier alpha value is -0.580. The summed E-state index contributed by atoms with van der Waals surface area (Å²) in [5.74, 6) is 0.749. The first-order valence-corrected chi connectivity index (χ1v) is 9.19. The van der Waals surface area contributed by atoms with Crippen molar-refractivity contribution in [2.75, 3.05) is 33.4 Å². The lowest BCUT2D eigenvalue weighted by atomic mass is 10.2. The highest BCUT2D eigenvalue weighted by Crippen LogP contribution is 2.12. The summed E-state index contributed by atoms with van der Waals surface area (Å²) in [4.78, 5) is 6.19. The molecule has 0 aliphatic carbocycles. The smallest absolute Gasteiger partial charge is 0.208 e. The SMILES string of the molecule is CN=C(NCCCNS(C)(=O)=O)N(C)Cc1cccc(Cl)c1.I. The molecule has 0 aliphatic rings. The Labute approximate surface area is 160 Å². The van der Waals surface area contributed by atoms with E-state index in [1.54, 1.807) is 7.05 Å². The van der Waals surface area contributed by atoms with Crippen LogP contribution in [0.15, 0.2) is 29.3 Å². The van der Waals surface area contributed by atoms with E-state index in [2.05, 4.69) is 15.0 Å². The zero-order valence-corrected chi connectivity index (χ0v) is 17.4. The minimum atomic E-state index is -3.12. The van der Waals surface area contributed by atoms with Crippen molar-refractivity contribution in [2.45, 2.75) is 13.0 Å². The maximum atomic E-state index is 10.9. The Morgan fingerprint density at radius 2 is 2.04 bits per heavy atom. The minimum absolute atomic E-state index is 0. The fourth-order valence-corrected chi connectivity index (χ4v) is 2.64. The van der Waals surface area contributed by atoms with Crippen LogP contribution in [0.25, 0.3) is 0 Å². The maximum absolute atomic E-state index is 10.9. The van der Waals surface area contributed by atoms with Gasteiger partial charge in [0.15, 0.2) is 5.96 Å². The molecule has 0 atom stereocenters. The van der Waals surface area contributed by atoms with E-state index >= 15 is 0 Å². The average molecular weight is 475 g/mol. The number of rotatable bonds is 7. The first-order chi connectivity index (χ1) is 10.3. The van der Waals surface area contributed by atoms with E-state index in [0.29, 0.717) is 31.1 Å². The largest absolute Gasteiger partial charge is 0.356 e. The second-order valence-electron chi connectivity index (χ2n) is 4.98. The van der Waals surface area contributed by atoms with Crippen molar-refractivity contribution in [3.63, 3.8) is 0 Å². The topological polar surface area (TPSA) is 73.8 Å². The number of nitrogens with one attached hydrogen (secondary N) is 2. The van der Waals surface area contributed by atoms with Gasteiger partial charge in [0, 0.05) is 38.8 Å². The Kier molecular flexibility index (Phi) is 10.8. The van der Waals surface area contributed by atoms with Crippen molar-refractivity contribution in [3.05, 3.63) is 34.9 Å². The van der Waals surface area contributed by atoms with Gasteiger partial charge in [0.25, 0.3) is 0 Å². The van der Waals surface area contributed by atoms with Gasteiger partial charge in [-0.25, -0.2) is 13.1 Å². The second kappa shape index (κ2) is 11.1. The minimum Gasteiger partial charge on any atom is -0.356 e. The summed E-state index contributed by atoms with van der Waals surface area (Å²) in [5.41, 5.74) is 1.09. The van der Waals surface area contributed by atoms with Crippen LogP contribution in [-0.4, -0.2) is 52.7 Å². The lowest BCUT2D eigenvalue weighted by Gasteiger charge is -2.22. The second-order valence-corrected chi connectivity index (χ2v) is 7.25. The summed E-state index contributed by atoms with van der Waals surface area (Å²) in [7, 11) is 0.527. The van der Waals surface area contributed by atoms with E-state index in [1.807, 2.05) is 36.2 Å². The number of benzene rings is 1. The number of nitrogens with zero attached hydrogens (tertiary/aromatic N) is 2. The lowest BCUT2D eigenvalue weighted by molar-refractivity contribution is 0.475. The molecular weight excluding hydrogens is 451 g/mol. The molecule has 2 N–H and O–H groups in total. The van der Waals surface area contributed by atoms with E-state index in [9.17, 15) is 8.42 Å². The van der Waals surface area contributed by atoms with Crippen molar-refractivity contribution in [1.82, 2.24) is 14.9 Å². The van der Waals surface area contributed by atoms with Crippen LogP contribution in [0.4, 0.5) is 0 Å². The number of aliphatic imine (C=N–C) groups is 1. The average Bonchev–Trinajstić information content (AvgIpc) is 2.41. The predicted octanol–water partition coefficient (Wildman–Crippen LogP) is 1.90. The van der Waals surface area contributed by atoms with E-state index in [1.165, 1.54) is 0 Å². The molecule has 0 fully saturated rings. The monoisotopic (exact) mass is 474 g/mol. The maximum Gasteiger partial charge on any atom is 0.208 e. The lowest BCUT2D eigenvalue weighted by Crippen LogP contribution is -2.39. The van der Waals surface area contributed by atoms with Crippen LogP contribution < -0.4 is 10.0 Å². The van der Waals surface area contributed by atoms with Gasteiger partial charge in [0.2, 0.25) is 10.0 Å².